The first-order valence-corrected chi connectivity index (χ1v) is 7.68. The number of methoxy groups -OCH3 is 2. The molecule has 0 fully saturated rings. The lowest BCUT2D eigenvalue weighted by molar-refractivity contribution is -0.129. The quantitative estimate of drug-likeness (QED) is 0.617. The monoisotopic (exact) mass is 335 g/mol. The van der Waals surface area contributed by atoms with E-state index in [-0.39, 0.29) is 11.6 Å². The lowest BCUT2D eigenvalue weighted by Gasteiger charge is -2.09. The van der Waals surface area contributed by atoms with Crippen molar-refractivity contribution in [1.82, 2.24) is 0 Å². The SMILES string of the molecule is COc1cccc(/C=C2N=C(/C=C/c3ccccc3)OC\2=O)c1OC. The van der Waals surface area contributed by atoms with E-state index in [2.05, 4.69) is 4.99 Å². The Balaban J connectivity index is 1.88. The maximum Gasteiger partial charge on any atom is 0.363 e. The van der Waals surface area contributed by atoms with Crippen LogP contribution in [-0.2, 0) is 9.53 Å². The summed E-state index contributed by atoms with van der Waals surface area (Å²) in [6.07, 6.45) is 5.12. The van der Waals surface area contributed by atoms with Crippen LogP contribution in [0.3, 0.4) is 0 Å². The second-order valence-electron chi connectivity index (χ2n) is 5.20. The number of nitrogens with zero attached hydrogens (tertiary/aromatic N) is 1. The largest absolute Gasteiger partial charge is 0.493 e. The van der Waals surface area contributed by atoms with E-state index in [9.17, 15) is 4.79 Å². The van der Waals surface area contributed by atoms with Crippen LogP contribution < -0.4 is 9.47 Å². The van der Waals surface area contributed by atoms with Crippen LogP contribution in [0.15, 0.2) is 65.3 Å². The van der Waals surface area contributed by atoms with Crippen molar-refractivity contribution >= 4 is 24.0 Å². The molecule has 0 saturated heterocycles. The van der Waals surface area contributed by atoms with Gasteiger partial charge in [-0.2, -0.15) is 0 Å². The van der Waals surface area contributed by atoms with Crippen molar-refractivity contribution in [2.75, 3.05) is 14.2 Å². The molecule has 0 aliphatic carbocycles. The molecule has 1 aliphatic heterocycles. The van der Waals surface area contributed by atoms with E-state index in [0.717, 1.165) is 5.56 Å². The zero-order valence-corrected chi connectivity index (χ0v) is 13.9. The fourth-order valence-electron chi connectivity index (χ4n) is 2.40. The van der Waals surface area contributed by atoms with Crippen molar-refractivity contribution in [3.63, 3.8) is 0 Å². The molecular formula is C20H17NO4. The van der Waals surface area contributed by atoms with Gasteiger partial charge in [-0.15, -0.1) is 0 Å². The number of carbonyl (C=O) groups excluding carboxylic acids is 1. The lowest BCUT2D eigenvalue weighted by Crippen LogP contribution is -2.01. The summed E-state index contributed by atoms with van der Waals surface area (Å²) in [6.45, 7) is 0. The highest BCUT2D eigenvalue weighted by atomic mass is 16.6. The van der Waals surface area contributed by atoms with Crippen LogP contribution in [0, 0.1) is 0 Å². The van der Waals surface area contributed by atoms with Gasteiger partial charge >= 0.3 is 5.97 Å². The number of rotatable bonds is 5. The number of aliphatic imine (C=N–C) groups is 1. The Morgan fingerprint density at radius 2 is 1.76 bits per heavy atom. The van der Waals surface area contributed by atoms with E-state index in [1.807, 2.05) is 48.5 Å². The molecule has 0 radical (unpaired) electrons. The molecule has 0 saturated carbocycles. The maximum absolute atomic E-state index is 12.0. The predicted octanol–water partition coefficient (Wildman–Crippen LogP) is 3.71. The van der Waals surface area contributed by atoms with E-state index < -0.39 is 5.97 Å². The minimum atomic E-state index is -0.502. The van der Waals surface area contributed by atoms with Crippen LogP contribution in [0.1, 0.15) is 11.1 Å². The van der Waals surface area contributed by atoms with Gasteiger partial charge in [-0.1, -0.05) is 42.5 Å². The highest BCUT2D eigenvalue weighted by Crippen LogP contribution is 2.32. The van der Waals surface area contributed by atoms with Crippen molar-refractivity contribution < 1.29 is 19.0 Å². The molecule has 3 rings (SSSR count). The molecule has 1 heterocycles. The predicted molar refractivity (Wildman–Crippen MR) is 96.5 cm³/mol. The molecule has 126 valence electrons. The molecule has 2 aromatic rings. The summed E-state index contributed by atoms with van der Waals surface area (Å²) in [4.78, 5) is 16.3. The molecule has 0 aromatic heterocycles. The van der Waals surface area contributed by atoms with Gasteiger partial charge in [0.05, 0.1) is 14.2 Å². The molecule has 2 aromatic carbocycles. The number of cyclic esters (lactones) is 1. The van der Waals surface area contributed by atoms with Gasteiger partial charge in [-0.25, -0.2) is 9.79 Å². The van der Waals surface area contributed by atoms with Crippen molar-refractivity contribution in [3.8, 4) is 11.5 Å². The number of hydrogen-bond acceptors (Lipinski definition) is 5. The van der Waals surface area contributed by atoms with Gasteiger partial charge in [0.1, 0.15) is 0 Å². The Morgan fingerprint density at radius 3 is 2.48 bits per heavy atom. The van der Waals surface area contributed by atoms with Crippen LogP contribution in [0.25, 0.3) is 12.2 Å². The van der Waals surface area contributed by atoms with E-state index in [0.29, 0.717) is 17.1 Å². The molecule has 5 nitrogen and oxygen atoms in total. The Labute approximate surface area is 145 Å². The number of esters is 1. The number of hydrogen-bond donors (Lipinski definition) is 0. The summed E-state index contributed by atoms with van der Waals surface area (Å²) in [6, 6.07) is 15.1. The Morgan fingerprint density at radius 1 is 0.960 bits per heavy atom. The molecule has 0 amide bonds. The summed E-state index contributed by atoms with van der Waals surface area (Å²) < 4.78 is 15.8. The first-order chi connectivity index (χ1) is 12.2. The van der Waals surface area contributed by atoms with Crippen molar-refractivity contribution in [3.05, 3.63) is 71.4 Å². The minimum absolute atomic E-state index is 0.208. The Kier molecular flexibility index (Phi) is 4.95. The van der Waals surface area contributed by atoms with Crippen LogP contribution >= 0.6 is 0 Å². The molecule has 0 atom stereocenters. The first kappa shape index (κ1) is 16.5. The van der Waals surface area contributed by atoms with Gasteiger partial charge in [0.25, 0.3) is 0 Å². The van der Waals surface area contributed by atoms with Crippen LogP contribution in [0.4, 0.5) is 0 Å². The molecule has 0 spiro atoms. The maximum atomic E-state index is 12.0. The summed E-state index contributed by atoms with van der Waals surface area (Å²) in [5.41, 5.74) is 1.89. The average Bonchev–Trinajstić information content (AvgIpc) is 3.00. The Hall–Kier alpha value is -3.34. The summed E-state index contributed by atoms with van der Waals surface area (Å²) >= 11 is 0. The molecule has 25 heavy (non-hydrogen) atoms. The van der Waals surface area contributed by atoms with Gasteiger partial charge in [-0.3, -0.25) is 0 Å². The second kappa shape index (κ2) is 7.49. The summed E-state index contributed by atoms with van der Waals surface area (Å²) in [5.74, 6) is 0.865. The van der Waals surface area contributed by atoms with Gasteiger partial charge in [-0.05, 0) is 23.8 Å². The van der Waals surface area contributed by atoms with Crippen molar-refractivity contribution in [2.24, 2.45) is 4.99 Å². The highest BCUT2D eigenvalue weighted by Gasteiger charge is 2.22. The number of para-hydroxylation sites is 1. The molecule has 0 bridgehead atoms. The molecule has 0 N–H and O–H groups in total. The normalized spacial score (nSPS) is 15.4. The van der Waals surface area contributed by atoms with Gasteiger partial charge < -0.3 is 14.2 Å². The van der Waals surface area contributed by atoms with Crippen LogP contribution in [0.5, 0.6) is 11.5 Å². The van der Waals surface area contributed by atoms with Crippen molar-refractivity contribution in [2.45, 2.75) is 0 Å². The fourth-order valence-corrected chi connectivity index (χ4v) is 2.40. The van der Waals surface area contributed by atoms with Crippen molar-refractivity contribution in [1.29, 1.82) is 0 Å². The summed E-state index contributed by atoms with van der Waals surface area (Å²) in [7, 11) is 3.10. The van der Waals surface area contributed by atoms with Gasteiger partial charge in [0.15, 0.2) is 17.2 Å². The first-order valence-electron chi connectivity index (χ1n) is 7.68. The third kappa shape index (κ3) is 3.77. The second-order valence-corrected chi connectivity index (χ2v) is 5.20. The van der Waals surface area contributed by atoms with Gasteiger partial charge in [0, 0.05) is 11.6 Å². The number of carbonyl (C=O) groups is 1. The third-order valence-corrected chi connectivity index (χ3v) is 3.58. The topological polar surface area (TPSA) is 57.1 Å². The van der Waals surface area contributed by atoms with E-state index in [1.165, 1.54) is 0 Å². The van der Waals surface area contributed by atoms with E-state index in [1.54, 1.807) is 32.4 Å². The standard InChI is InChI=1S/C20H17NO4/c1-23-17-10-6-9-15(19(17)24-2)13-16-20(22)25-18(21-16)12-11-14-7-4-3-5-8-14/h3-13H,1-2H3/b12-11+,16-13-. The summed E-state index contributed by atoms with van der Waals surface area (Å²) in [5, 5.41) is 0. The number of ether oxygens (including phenoxy) is 3. The average molecular weight is 335 g/mol. The fraction of sp³-hybridized carbons (Fsp3) is 0.100. The van der Waals surface area contributed by atoms with Gasteiger partial charge in [0.2, 0.25) is 5.90 Å². The minimum Gasteiger partial charge on any atom is -0.493 e. The highest BCUT2D eigenvalue weighted by molar-refractivity contribution is 6.11. The third-order valence-electron chi connectivity index (χ3n) is 3.58. The Bertz CT molecular complexity index is 867. The zero-order chi connectivity index (χ0) is 17.6. The smallest absolute Gasteiger partial charge is 0.363 e. The van der Waals surface area contributed by atoms with E-state index >= 15 is 0 Å². The molecular weight excluding hydrogens is 318 g/mol. The number of benzene rings is 2. The van der Waals surface area contributed by atoms with Crippen LogP contribution in [0.2, 0.25) is 0 Å². The van der Waals surface area contributed by atoms with Crippen LogP contribution in [-0.4, -0.2) is 26.1 Å². The molecule has 0 unspecified atom stereocenters. The van der Waals surface area contributed by atoms with E-state index in [4.69, 9.17) is 14.2 Å². The lowest BCUT2D eigenvalue weighted by atomic mass is 10.1. The zero-order valence-electron chi connectivity index (χ0n) is 13.9. The molecule has 5 heteroatoms. The molecule has 1 aliphatic rings.